The van der Waals surface area contributed by atoms with Gasteiger partial charge in [0.2, 0.25) is 0 Å². The number of benzene rings is 2. The smallest absolute Gasteiger partial charge is 0.387 e. The Kier molecular flexibility index (Phi) is 5.60. The Hall–Kier alpha value is -2.28. The van der Waals surface area contributed by atoms with Gasteiger partial charge < -0.3 is 4.74 Å². The molecule has 0 aliphatic carbocycles. The van der Waals surface area contributed by atoms with Crippen LogP contribution in [0.2, 0.25) is 0 Å². The highest BCUT2D eigenvalue weighted by Gasteiger charge is 2.09. The molecule has 1 N–H and O–H groups in total. The lowest BCUT2D eigenvalue weighted by Gasteiger charge is -2.08. The average Bonchev–Trinajstić information content (AvgIpc) is 2.50. The molecule has 0 saturated carbocycles. The van der Waals surface area contributed by atoms with Crippen molar-refractivity contribution in [2.75, 3.05) is 0 Å². The highest BCUT2D eigenvalue weighted by Crippen LogP contribution is 2.23. The Balaban J connectivity index is 2.09. The van der Waals surface area contributed by atoms with Crippen LogP contribution in [0.3, 0.4) is 0 Å². The minimum absolute atomic E-state index is 0.0316. The fraction of sp³-hybridized carbons (Fsp3) is 0.0667. The van der Waals surface area contributed by atoms with Crippen molar-refractivity contribution in [3.05, 3.63) is 64.1 Å². The van der Waals surface area contributed by atoms with Gasteiger partial charge in [0.05, 0.1) is 6.21 Å². The van der Waals surface area contributed by atoms with Gasteiger partial charge in [0.1, 0.15) is 5.75 Å². The van der Waals surface area contributed by atoms with Crippen LogP contribution in [0.5, 0.6) is 5.75 Å². The summed E-state index contributed by atoms with van der Waals surface area (Å²) < 4.78 is 29.7. The predicted molar refractivity (Wildman–Crippen MR) is 82.3 cm³/mol. The monoisotopic (exact) mass is 368 g/mol. The van der Waals surface area contributed by atoms with Crippen LogP contribution in [-0.2, 0) is 0 Å². The molecule has 7 heteroatoms. The van der Waals surface area contributed by atoms with Crippen LogP contribution in [0.4, 0.5) is 8.78 Å². The number of hydrogen-bond donors (Lipinski definition) is 1. The molecular formula is C15H11BrF2N2O2. The fourth-order valence-electron chi connectivity index (χ4n) is 1.64. The SMILES string of the molecule is O=C(N/N=C\c1cc(Br)ccc1OC(F)F)c1ccccc1. The van der Waals surface area contributed by atoms with Gasteiger partial charge in [0.25, 0.3) is 5.91 Å². The maximum absolute atomic E-state index is 12.3. The summed E-state index contributed by atoms with van der Waals surface area (Å²) in [6, 6.07) is 13.0. The van der Waals surface area contributed by atoms with Crippen molar-refractivity contribution in [2.45, 2.75) is 6.61 Å². The number of nitrogens with zero attached hydrogens (tertiary/aromatic N) is 1. The van der Waals surface area contributed by atoms with Crippen LogP contribution in [0.1, 0.15) is 15.9 Å². The molecule has 0 saturated heterocycles. The van der Waals surface area contributed by atoms with Crippen LogP contribution >= 0.6 is 15.9 Å². The van der Waals surface area contributed by atoms with Crippen molar-refractivity contribution in [3.8, 4) is 5.75 Å². The molecule has 0 aromatic heterocycles. The molecule has 0 atom stereocenters. The predicted octanol–water partition coefficient (Wildman–Crippen LogP) is 3.81. The van der Waals surface area contributed by atoms with E-state index in [2.05, 4.69) is 31.2 Å². The number of hydrogen-bond acceptors (Lipinski definition) is 3. The number of ether oxygens (including phenoxy) is 1. The molecule has 4 nitrogen and oxygen atoms in total. The largest absolute Gasteiger partial charge is 0.434 e. The maximum atomic E-state index is 12.3. The Labute approximate surface area is 133 Å². The Bertz CT molecular complexity index is 678. The molecule has 0 radical (unpaired) electrons. The van der Waals surface area contributed by atoms with E-state index in [1.54, 1.807) is 42.5 Å². The number of hydrazone groups is 1. The molecule has 0 fully saturated rings. The van der Waals surface area contributed by atoms with E-state index in [1.165, 1.54) is 12.3 Å². The molecule has 0 unspecified atom stereocenters. The van der Waals surface area contributed by atoms with Gasteiger partial charge in [-0.25, -0.2) is 5.43 Å². The lowest BCUT2D eigenvalue weighted by atomic mass is 10.2. The van der Waals surface area contributed by atoms with Crippen molar-refractivity contribution in [1.82, 2.24) is 5.43 Å². The third kappa shape index (κ3) is 4.63. The molecule has 2 aromatic rings. The third-order valence-electron chi connectivity index (χ3n) is 2.59. The van der Waals surface area contributed by atoms with Gasteiger partial charge in [0.15, 0.2) is 0 Å². The molecule has 0 spiro atoms. The highest BCUT2D eigenvalue weighted by molar-refractivity contribution is 9.10. The van der Waals surface area contributed by atoms with Gasteiger partial charge >= 0.3 is 6.61 Å². The molecule has 0 aliphatic heterocycles. The Morgan fingerprint density at radius 1 is 1.23 bits per heavy atom. The topological polar surface area (TPSA) is 50.7 Å². The number of halogens is 3. The molecule has 2 rings (SSSR count). The number of carbonyl (C=O) groups is 1. The first-order valence-corrected chi connectivity index (χ1v) is 6.98. The van der Waals surface area contributed by atoms with Crippen molar-refractivity contribution in [3.63, 3.8) is 0 Å². The van der Waals surface area contributed by atoms with Gasteiger partial charge in [-0.05, 0) is 30.3 Å². The minimum Gasteiger partial charge on any atom is -0.434 e. The number of rotatable bonds is 5. The third-order valence-corrected chi connectivity index (χ3v) is 3.09. The van der Waals surface area contributed by atoms with Crippen LogP contribution in [0.15, 0.2) is 58.1 Å². The quantitative estimate of drug-likeness (QED) is 0.644. The van der Waals surface area contributed by atoms with Crippen LogP contribution in [-0.4, -0.2) is 18.7 Å². The first kappa shape index (κ1) is 16.1. The maximum Gasteiger partial charge on any atom is 0.387 e. The standard InChI is InChI=1S/C15H11BrF2N2O2/c16-12-6-7-13(22-15(17)18)11(8-12)9-19-20-14(21)10-4-2-1-3-5-10/h1-9,15H,(H,20,21)/b19-9-. The van der Waals surface area contributed by atoms with Gasteiger partial charge in [-0.1, -0.05) is 34.1 Å². The van der Waals surface area contributed by atoms with Crippen LogP contribution in [0.25, 0.3) is 0 Å². The zero-order valence-electron chi connectivity index (χ0n) is 11.2. The minimum atomic E-state index is -2.94. The molecule has 0 bridgehead atoms. The van der Waals surface area contributed by atoms with E-state index in [9.17, 15) is 13.6 Å². The Morgan fingerprint density at radius 3 is 2.64 bits per heavy atom. The zero-order valence-corrected chi connectivity index (χ0v) is 12.8. The van der Waals surface area contributed by atoms with Gasteiger partial charge in [-0.15, -0.1) is 0 Å². The normalized spacial score (nSPS) is 10.9. The van der Waals surface area contributed by atoms with Gasteiger partial charge in [0, 0.05) is 15.6 Å². The summed E-state index contributed by atoms with van der Waals surface area (Å²) in [5.74, 6) is -0.431. The summed E-state index contributed by atoms with van der Waals surface area (Å²) in [7, 11) is 0. The molecule has 0 heterocycles. The summed E-state index contributed by atoms with van der Waals surface area (Å²) >= 11 is 3.23. The number of carbonyl (C=O) groups excluding carboxylic acids is 1. The van der Waals surface area contributed by atoms with Crippen molar-refractivity contribution < 1.29 is 18.3 Å². The molecule has 0 aliphatic rings. The Morgan fingerprint density at radius 2 is 1.95 bits per heavy atom. The van der Waals surface area contributed by atoms with E-state index in [1.807, 2.05) is 0 Å². The van der Waals surface area contributed by atoms with E-state index in [0.717, 1.165) is 0 Å². The van der Waals surface area contributed by atoms with Gasteiger partial charge in [-0.2, -0.15) is 13.9 Å². The van der Waals surface area contributed by atoms with Crippen molar-refractivity contribution in [1.29, 1.82) is 0 Å². The molecule has 1 amide bonds. The highest BCUT2D eigenvalue weighted by atomic mass is 79.9. The van der Waals surface area contributed by atoms with E-state index in [4.69, 9.17) is 0 Å². The molecule has 114 valence electrons. The second-order valence-electron chi connectivity index (χ2n) is 4.13. The van der Waals surface area contributed by atoms with Crippen molar-refractivity contribution >= 4 is 28.1 Å². The summed E-state index contributed by atoms with van der Waals surface area (Å²) in [5, 5.41) is 3.76. The number of nitrogens with one attached hydrogen (secondary N) is 1. The van der Waals surface area contributed by atoms with Crippen molar-refractivity contribution in [2.24, 2.45) is 5.10 Å². The summed E-state index contributed by atoms with van der Waals surface area (Å²) in [6.45, 7) is -2.94. The average molecular weight is 369 g/mol. The number of amides is 1. The summed E-state index contributed by atoms with van der Waals surface area (Å²) in [5.41, 5.74) is 3.07. The summed E-state index contributed by atoms with van der Waals surface area (Å²) in [4.78, 5) is 11.8. The molecular weight excluding hydrogens is 358 g/mol. The number of alkyl halides is 2. The second-order valence-corrected chi connectivity index (χ2v) is 5.04. The zero-order chi connectivity index (χ0) is 15.9. The lowest BCUT2D eigenvalue weighted by molar-refractivity contribution is -0.0499. The van der Waals surface area contributed by atoms with E-state index < -0.39 is 12.5 Å². The van der Waals surface area contributed by atoms with E-state index in [0.29, 0.717) is 15.6 Å². The lowest BCUT2D eigenvalue weighted by Crippen LogP contribution is -2.17. The fourth-order valence-corrected chi connectivity index (χ4v) is 2.02. The van der Waals surface area contributed by atoms with E-state index in [-0.39, 0.29) is 5.75 Å². The van der Waals surface area contributed by atoms with Crippen LogP contribution < -0.4 is 10.2 Å². The van der Waals surface area contributed by atoms with Crippen LogP contribution in [0, 0.1) is 0 Å². The molecule has 2 aromatic carbocycles. The first-order valence-electron chi connectivity index (χ1n) is 6.19. The van der Waals surface area contributed by atoms with Gasteiger partial charge in [-0.3, -0.25) is 4.79 Å². The molecule has 22 heavy (non-hydrogen) atoms. The van der Waals surface area contributed by atoms with E-state index >= 15 is 0 Å². The second kappa shape index (κ2) is 7.65. The first-order chi connectivity index (χ1) is 10.6. The summed E-state index contributed by atoms with van der Waals surface area (Å²) in [6.07, 6.45) is 1.24.